The van der Waals surface area contributed by atoms with Crippen molar-refractivity contribution in [2.24, 2.45) is 5.73 Å². The molecule has 68 valence electrons. The third-order valence-electron chi connectivity index (χ3n) is 1.07. The first-order chi connectivity index (χ1) is 5.51. The lowest BCUT2D eigenvalue weighted by molar-refractivity contribution is 0.463. The summed E-state index contributed by atoms with van der Waals surface area (Å²) >= 11 is 0. The van der Waals surface area contributed by atoms with Gasteiger partial charge in [0.05, 0.1) is 6.54 Å². The summed E-state index contributed by atoms with van der Waals surface area (Å²) in [7, 11) is -3.11. The molecule has 0 saturated carbocycles. The summed E-state index contributed by atoms with van der Waals surface area (Å²) in [5, 5.41) is 7.01. The van der Waals surface area contributed by atoms with E-state index >= 15 is 0 Å². The van der Waals surface area contributed by atoms with Crippen molar-refractivity contribution in [2.75, 3.05) is 6.26 Å². The Morgan fingerprint density at radius 3 is 2.42 bits per heavy atom. The maximum absolute atomic E-state index is 10.7. The molecule has 0 saturated heterocycles. The van der Waals surface area contributed by atoms with E-state index in [2.05, 4.69) is 10.2 Å². The molecule has 0 fully saturated rings. The van der Waals surface area contributed by atoms with E-state index in [-0.39, 0.29) is 24.1 Å². The lowest BCUT2D eigenvalue weighted by Crippen LogP contribution is -2.00. The van der Waals surface area contributed by atoms with Crippen LogP contribution in [0.5, 0.6) is 0 Å². The van der Waals surface area contributed by atoms with Gasteiger partial charge in [-0.1, -0.05) is 0 Å². The van der Waals surface area contributed by atoms with Crippen LogP contribution in [0.1, 0.15) is 11.8 Å². The molecule has 1 aromatic rings. The molecular formula is C5H9N3O3S. The van der Waals surface area contributed by atoms with Crippen molar-refractivity contribution in [1.82, 2.24) is 10.2 Å². The number of rotatable bonds is 3. The number of hydrogen-bond donors (Lipinski definition) is 1. The standard InChI is InChI=1S/C5H9N3O3S/c1-12(9,10)3-5-8-7-4(2-6)11-5/h2-3,6H2,1H3. The molecule has 0 radical (unpaired) electrons. The molecular weight excluding hydrogens is 182 g/mol. The van der Waals surface area contributed by atoms with E-state index in [0.29, 0.717) is 0 Å². The van der Waals surface area contributed by atoms with Gasteiger partial charge in [0.1, 0.15) is 5.75 Å². The fourth-order valence-corrected chi connectivity index (χ4v) is 1.22. The SMILES string of the molecule is CS(=O)(=O)Cc1nnc(CN)o1. The van der Waals surface area contributed by atoms with E-state index in [1.807, 2.05) is 0 Å². The molecule has 0 aliphatic heterocycles. The van der Waals surface area contributed by atoms with E-state index < -0.39 is 9.84 Å². The fourth-order valence-electron chi connectivity index (χ4n) is 0.653. The van der Waals surface area contributed by atoms with E-state index in [1.165, 1.54) is 0 Å². The maximum Gasteiger partial charge on any atom is 0.231 e. The van der Waals surface area contributed by atoms with Crippen LogP contribution in [-0.4, -0.2) is 24.9 Å². The first kappa shape index (κ1) is 9.14. The Hall–Kier alpha value is -0.950. The summed E-state index contributed by atoms with van der Waals surface area (Å²) in [4.78, 5) is 0. The highest BCUT2D eigenvalue weighted by Crippen LogP contribution is 2.02. The maximum atomic E-state index is 10.7. The molecule has 0 bridgehead atoms. The average Bonchev–Trinajstić information content (AvgIpc) is 2.32. The van der Waals surface area contributed by atoms with Gasteiger partial charge in [0.2, 0.25) is 11.8 Å². The monoisotopic (exact) mass is 191 g/mol. The quantitative estimate of drug-likeness (QED) is 0.662. The molecule has 0 aliphatic carbocycles. The summed E-state index contributed by atoms with van der Waals surface area (Å²) in [6, 6.07) is 0. The zero-order chi connectivity index (χ0) is 9.19. The zero-order valence-corrected chi connectivity index (χ0v) is 7.34. The molecule has 0 spiro atoms. The number of nitrogens with two attached hydrogens (primary N) is 1. The molecule has 0 unspecified atom stereocenters. The lowest BCUT2D eigenvalue weighted by atomic mass is 10.7. The van der Waals surface area contributed by atoms with E-state index in [4.69, 9.17) is 10.2 Å². The Kier molecular flexibility index (Phi) is 2.43. The van der Waals surface area contributed by atoms with Crippen LogP contribution < -0.4 is 5.73 Å². The minimum Gasteiger partial charge on any atom is -0.423 e. The van der Waals surface area contributed by atoms with Crippen LogP contribution in [0.15, 0.2) is 4.42 Å². The van der Waals surface area contributed by atoms with Gasteiger partial charge in [0, 0.05) is 6.26 Å². The molecule has 7 heteroatoms. The molecule has 1 aromatic heterocycles. The molecule has 0 atom stereocenters. The van der Waals surface area contributed by atoms with Crippen molar-refractivity contribution in [3.05, 3.63) is 11.8 Å². The molecule has 0 amide bonds. The van der Waals surface area contributed by atoms with E-state index in [0.717, 1.165) is 6.26 Å². The molecule has 0 aliphatic rings. The Morgan fingerprint density at radius 2 is 2.00 bits per heavy atom. The van der Waals surface area contributed by atoms with Gasteiger partial charge in [-0.3, -0.25) is 0 Å². The van der Waals surface area contributed by atoms with Crippen LogP contribution in [0, 0.1) is 0 Å². The Morgan fingerprint density at radius 1 is 1.42 bits per heavy atom. The summed E-state index contributed by atoms with van der Waals surface area (Å²) < 4.78 is 26.4. The van der Waals surface area contributed by atoms with Gasteiger partial charge in [-0.25, -0.2) is 8.42 Å². The second-order valence-corrected chi connectivity index (χ2v) is 4.50. The van der Waals surface area contributed by atoms with Crippen LogP contribution in [0.2, 0.25) is 0 Å². The summed E-state index contributed by atoms with van der Waals surface area (Å²) in [5.74, 6) is 0.0894. The smallest absolute Gasteiger partial charge is 0.231 e. The van der Waals surface area contributed by atoms with Gasteiger partial charge >= 0.3 is 0 Å². The van der Waals surface area contributed by atoms with E-state index in [9.17, 15) is 8.42 Å². The Balaban J connectivity index is 2.78. The minimum absolute atomic E-state index is 0.0814. The van der Waals surface area contributed by atoms with Crippen molar-refractivity contribution in [3.8, 4) is 0 Å². The highest BCUT2D eigenvalue weighted by atomic mass is 32.2. The third-order valence-corrected chi connectivity index (χ3v) is 1.84. The fraction of sp³-hybridized carbons (Fsp3) is 0.600. The highest BCUT2D eigenvalue weighted by Gasteiger charge is 2.10. The van der Waals surface area contributed by atoms with Gasteiger partial charge < -0.3 is 10.2 Å². The van der Waals surface area contributed by atoms with Crippen molar-refractivity contribution >= 4 is 9.84 Å². The van der Waals surface area contributed by atoms with E-state index in [1.54, 1.807) is 0 Å². The second kappa shape index (κ2) is 3.20. The summed E-state index contributed by atoms with van der Waals surface area (Å²) in [5.41, 5.74) is 5.18. The zero-order valence-electron chi connectivity index (χ0n) is 6.52. The molecule has 1 heterocycles. The minimum atomic E-state index is -3.11. The number of hydrogen-bond acceptors (Lipinski definition) is 6. The largest absolute Gasteiger partial charge is 0.423 e. The molecule has 0 aromatic carbocycles. The predicted octanol–water partition coefficient (Wildman–Crippen LogP) is -0.927. The van der Waals surface area contributed by atoms with Crippen molar-refractivity contribution in [1.29, 1.82) is 0 Å². The van der Waals surface area contributed by atoms with Crippen molar-refractivity contribution in [3.63, 3.8) is 0 Å². The summed E-state index contributed by atoms with van der Waals surface area (Å²) in [6.45, 7) is 0.122. The number of nitrogens with zero attached hydrogens (tertiary/aromatic N) is 2. The van der Waals surface area contributed by atoms with Gasteiger partial charge in [-0.2, -0.15) is 0 Å². The highest BCUT2D eigenvalue weighted by molar-refractivity contribution is 7.89. The normalized spacial score (nSPS) is 11.8. The lowest BCUT2D eigenvalue weighted by Gasteiger charge is -1.89. The topological polar surface area (TPSA) is 99.1 Å². The van der Waals surface area contributed by atoms with Crippen molar-refractivity contribution in [2.45, 2.75) is 12.3 Å². The summed E-state index contributed by atoms with van der Waals surface area (Å²) in [6.07, 6.45) is 1.10. The Labute approximate surface area is 69.7 Å². The predicted molar refractivity (Wildman–Crippen MR) is 40.7 cm³/mol. The first-order valence-corrected chi connectivity index (χ1v) is 5.26. The van der Waals surface area contributed by atoms with Gasteiger partial charge in [0.15, 0.2) is 9.84 Å². The first-order valence-electron chi connectivity index (χ1n) is 3.20. The second-order valence-electron chi connectivity index (χ2n) is 2.36. The van der Waals surface area contributed by atoms with Crippen LogP contribution in [0.25, 0.3) is 0 Å². The van der Waals surface area contributed by atoms with Gasteiger partial charge in [-0.15, -0.1) is 10.2 Å². The van der Waals surface area contributed by atoms with Gasteiger partial charge in [-0.05, 0) is 0 Å². The Bertz CT molecular complexity index is 356. The van der Waals surface area contributed by atoms with Crippen LogP contribution in [0.4, 0.5) is 0 Å². The van der Waals surface area contributed by atoms with Crippen LogP contribution >= 0.6 is 0 Å². The molecule has 6 nitrogen and oxygen atoms in total. The van der Waals surface area contributed by atoms with Gasteiger partial charge in [0.25, 0.3) is 0 Å². The van der Waals surface area contributed by atoms with Crippen LogP contribution in [-0.2, 0) is 22.1 Å². The number of sulfone groups is 1. The molecule has 2 N–H and O–H groups in total. The van der Waals surface area contributed by atoms with Crippen LogP contribution in [0.3, 0.4) is 0 Å². The van der Waals surface area contributed by atoms with Crippen molar-refractivity contribution < 1.29 is 12.8 Å². The average molecular weight is 191 g/mol. The number of aromatic nitrogens is 2. The third kappa shape index (κ3) is 2.59. The molecule has 1 rings (SSSR count). The molecule has 12 heavy (non-hydrogen) atoms.